The number of carbonyl (C=O) groups is 5. The molecule has 2 N–H and O–H groups in total. The molecule has 18 heteroatoms. The smallest absolute Gasteiger partial charge is 0.309 e. The number of β-amino-alcohol motifs (C(OH)–C–C–N with tert-alkyl or cyclic N) is 1. The Bertz CT molecular complexity index is 2160. The van der Waals surface area contributed by atoms with Gasteiger partial charge < -0.3 is 67.4 Å². The van der Waals surface area contributed by atoms with Crippen LogP contribution in [0.5, 0.6) is 0 Å². The van der Waals surface area contributed by atoms with E-state index >= 15 is 0 Å². The molecule has 3 aliphatic heterocycles. The molecular formula is C57H84N2O16. The molecule has 3 fully saturated rings. The monoisotopic (exact) mass is 1050 g/mol. The number of likely N-dealkylation sites (N-methyl/N-ethyl adjacent to an activating group) is 2. The Morgan fingerprint density at radius 1 is 0.893 bits per heavy atom. The van der Waals surface area contributed by atoms with E-state index in [1.54, 1.807) is 53.6 Å². The van der Waals surface area contributed by atoms with Crippen LogP contribution in [-0.2, 0) is 66.6 Å². The normalized spacial score (nSPS) is 33.8. The van der Waals surface area contributed by atoms with Gasteiger partial charge in [-0.3, -0.25) is 19.2 Å². The lowest BCUT2D eigenvalue weighted by atomic mass is 9.82. The molecule has 5 unspecified atom stereocenters. The Hall–Kier alpha value is -4.63. The van der Waals surface area contributed by atoms with Gasteiger partial charge in [-0.25, -0.2) is 0 Å². The van der Waals surface area contributed by atoms with Crippen molar-refractivity contribution >= 4 is 36.2 Å². The summed E-state index contributed by atoms with van der Waals surface area (Å²) in [6.07, 6.45) is -6.30. The molecule has 18 nitrogen and oxygen atoms in total. The fourth-order valence-electron chi connectivity index (χ4n) is 10.7. The van der Waals surface area contributed by atoms with Crippen molar-refractivity contribution in [2.45, 2.75) is 192 Å². The lowest BCUT2D eigenvalue weighted by Gasteiger charge is -2.50. The molecule has 3 saturated heterocycles. The van der Waals surface area contributed by atoms with Crippen LogP contribution in [0.1, 0.15) is 112 Å². The molecule has 5 rings (SSSR count). The summed E-state index contributed by atoms with van der Waals surface area (Å²) in [7, 11) is 6.82. The summed E-state index contributed by atoms with van der Waals surface area (Å²) >= 11 is 0. The Kier molecular flexibility index (Phi) is 23.8. The minimum absolute atomic E-state index is 0.0237. The molecule has 75 heavy (non-hydrogen) atoms. The number of carbonyl (C=O) groups excluding carboxylic acids is 5. The second-order valence-electron chi connectivity index (χ2n) is 20.9. The highest BCUT2D eigenvalue weighted by atomic mass is 16.7. The number of aliphatic hydroxyl groups is 2. The highest BCUT2D eigenvalue weighted by Crippen LogP contribution is 2.39. The lowest BCUT2D eigenvalue weighted by molar-refractivity contribution is -0.344. The second-order valence-corrected chi connectivity index (χ2v) is 20.9. The first-order valence-electron chi connectivity index (χ1n) is 26.6. The number of methoxy groups -OCH3 is 1. The van der Waals surface area contributed by atoms with Crippen LogP contribution in [0.3, 0.4) is 0 Å². The summed E-state index contributed by atoms with van der Waals surface area (Å²) in [4.78, 5) is 68.9. The number of benzene rings is 2. The van der Waals surface area contributed by atoms with Gasteiger partial charge in [-0.15, -0.1) is 0 Å². The van der Waals surface area contributed by atoms with Crippen molar-refractivity contribution in [1.29, 1.82) is 0 Å². The van der Waals surface area contributed by atoms with Crippen LogP contribution in [0.25, 0.3) is 17.2 Å². The van der Waals surface area contributed by atoms with E-state index in [0.29, 0.717) is 32.4 Å². The van der Waals surface area contributed by atoms with Gasteiger partial charge in [0.05, 0.1) is 36.9 Å². The van der Waals surface area contributed by atoms with E-state index in [9.17, 15) is 34.2 Å². The third-order valence-corrected chi connectivity index (χ3v) is 14.5. The number of hydrogen-bond donors (Lipinski definition) is 2. The quantitative estimate of drug-likeness (QED) is 0.101. The van der Waals surface area contributed by atoms with Gasteiger partial charge in [0, 0.05) is 52.7 Å². The third kappa shape index (κ3) is 17.4. The van der Waals surface area contributed by atoms with E-state index in [2.05, 4.69) is 24.3 Å². The maximum atomic E-state index is 14.3. The van der Waals surface area contributed by atoms with Crippen molar-refractivity contribution in [2.24, 2.45) is 11.8 Å². The molecule has 3 heterocycles. The first kappa shape index (κ1) is 61.2. The highest BCUT2D eigenvalue weighted by Gasteiger charge is 2.54. The predicted molar refractivity (Wildman–Crippen MR) is 279 cm³/mol. The molecule has 418 valence electrons. The fourth-order valence-corrected chi connectivity index (χ4v) is 10.7. The summed E-state index contributed by atoms with van der Waals surface area (Å²) in [5.41, 5.74) is 1.81. The topological polar surface area (TPSA) is 215 Å². The van der Waals surface area contributed by atoms with E-state index < -0.39 is 127 Å². The molecule has 2 aromatic carbocycles. The lowest BCUT2D eigenvalue weighted by Crippen LogP contribution is -2.66. The van der Waals surface area contributed by atoms with Gasteiger partial charge in [-0.1, -0.05) is 81.5 Å². The van der Waals surface area contributed by atoms with E-state index in [-0.39, 0.29) is 32.1 Å². The maximum absolute atomic E-state index is 14.3. The Balaban J connectivity index is 1.45. The number of rotatable bonds is 17. The second kappa shape index (κ2) is 29.2. The predicted octanol–water partition coefficient (Wildman–Crippen LogP) is 6.30. The van der Waals surface area contributed by atoms with Crippen molar-refractivity contribution < 1.29 is 76.8 Å². The molecule has 0 spiro atoms. The number of ether oxygens (including phenoxy) is 9. The van der Waals surface area contributed by atoms with Crippen molar-refractivity contribution in [3.8, 4) is 11.1 Å². The van der Waals surface area contributed by atoms with Crippen LogP contribution in [-0.4, -0.2) is 177 Å². The molecule has 16 atom stereocenters. The average molecular weight is 1050 g/mol. The van der Waals surface area contributed by atoms with Gasteiger partial charge >= 0.3 is 23.9 Å². The number of cyclic esters (lactones) is 1. The summed E-state index contributed by atoms with van der Waals surface area (Å²) in [6.45, 7) is 12.4. The zero-order valence-corrected chi connectivity index (χ0v) is 45.9. The molecule has 0 aromatic heterocycles. The minimum Gasteiger partial charge on any atom is -0.462 e. The van der Waals surface area contributed by atoms with Gasteiger partial charge in [0.1, 0.15) is 36.8 Å². The van der Waals surface area contributed by atoms with E-state index in [0.717, 1.165) is 23.0 Å². The first-order chi connectivity index (χ1) is 35.7. The van der Waals surface area contributed by atoms with Crippen molar-refractivity contribution in [3.05, 3.63) is 66.2 Å². The van der Waals surface area contributed by atoms with Gasteiger partial charge in [0.15, 0.2) is 24.3 Å². The number of aldehydes is 1. The van der Waals surface area contributed by atoms with Crippen LogP contribution in [0, 0.1) is 11.8 Å². The molecule has 0 aliphatic carbocycles. The summed E-state index contributed by atoms with van der Waals surface area (Å²) < 4.78 is 56.3. The van der Waals surface area contributed by atoms with E-state index in [1.807, 2.05) is 61.4 Å². The molecule has 3 aliphatic rings. The zero-order valence-electron chi connectivity index (χ0n) is 45.9. The largest absolute Gasteiger partial charge is 0.462 e. The van der Waals surface area contributed by atoms with E-state index in [4.69, 9.17) is 42.6 Å². The summed E-state index contributed by atoms with van der Waals surface area (Å²) in [6, 6.07) is 17.4. The fraction of sp³-hybridized carbons (Fsp3) is 0.667. The molecule has 0 saturated carbocycles. The van der Waals surface area contributed by atoms with Crippen LogP contribution in [0.4, 0.5) is 0 Å². The molecule has 2 aromatic rings. The summed E-state index contributed by atoms with van der Waals surface area (Å²) in [5, 5.41) is 24.1. The minimum atomic E-state index is -1.44. The standard InChI is InChI=1S/C57H84N2O16/c1-12-46(63)71-45-32-48(65)70-43(25-18-21-39-20-17-24-41(31-39)40-22-15-14-16-23-40)26-19-28-59(10)34-44(62)35(3)30-42(27-29-60)53(54(45)67-11)74-56-51(66)50(58(8)9)52(36(4)69-56)73-49-33-57(7,75-38(6)61)55(37(5)68-49)72-47(64)13-2/h14-18,20-24,29,31,35-37,42-45,49-56,62,66H,12-13,19,25-28,30,32-34H2,1-11H3/b21-18+/t35-,36?,37?,42+,43+,44+,45-,49+,50?,51?,52+,53+,54+,55+,56+,57?/m1/s1. The maximum Gasteiger partial charge on any atom is 0.309 e. The average Bonchev–Trinajstić information content (AvgIpc) is 3.35. The van der Waals surface area contributed by atoms with E-state index in [1.165, 1.54) is 14.0 Å². The first-order valence-corrected chi connectivity index (χ1v) is 26.6. The Morgan fingerprint density at radius 3 is 2.24 bits per heavy atom. The van der Waals surface area contributed by atoms with Gasteiger partial charge in [-0.2, -0.15) is 0 Å². The van der Waals surface area contributed by atoms with Crippen LogP contribution in [0.15, 0.2) is 60.7 Å². The zero-order chi connectivity index (χ0) is 55.0. The molecular weight excluding hydrogens is 969 g/mol. The Morgan fingerprint density at radius 2 is 1.59 bits per heavy atom. The molecule has 0 bridgehead atoms. The number of esters is 4. The van der Waals surface area contributed by atoms with Crippen molar-refractivity contribution in [2.75, 3.05) is 41.3 Å². The third-order valence-electron chi connectivity index (χ3n) is 14.5. The number of hydrogen-bond acceptors (Lipinski definition) is 18. The van der Waals surface area contributed by atoms with Gasteiger partial charge in [0.2, 0.25) is 0 Å². The number of nitrogens with zero attached hydrogens (tertiary/aromatic N) is 2. The molecule has 0 radical (unpaired) electrons. The van der Waals surface area contributed by atoms with Crippen LogP contribution in [0.2, 0.25) is 0 Å². The van der Waals surface area contributed by atoms with Gasteiger partial charge in [0.25, 0.3) is 0 Å². The SMILES string of the molecule is CCC(=O)O[C@@H]1CC(=O)O[C@@H](C/C=C/c2cccc(-c3ccccc3)c2)CCCN(C)C[C@H](O)[C@H](C)C[C@H](CC=O)[C@H](O[C@@H]2OC(C)[C@H](O[C@H]3CC(C)(OC(C)=O)[C@@H](OC(=O)CC)C(C)O3)C(N(C)C)C2O)[C@H]1OC. The van der Waals surface area contributed by atoms with Gasteiger partial charge in [-0.05, 0) is 102 Å². The summed E-state index contributed by atoms with van der Waals surface area (Å²) in [5.74, 6) is -3.45. The van der Waals surface area contributed by atoms with Crippen LogP contribution < -0.4 is 0 Å². The number of aliphatic hydroxyl groups excluding tert-OH is 2. The van der Waals surface area contributed by atoms with Crippen molar-refractivity contribution in [3.63, 3.8) is 0 Å². The van der Waals surface area contributed by atoms with Crippen LogP contribution >= 0.6 is 0 Å². The Labute approximate surface area is 443 Å². The molecule has 0 amide bonds. The highest BCUT2D eigenvalue weighted by molar-refractivity contribution is 5.73. The van der Waals surface area contributed by atoms with Crippen molar-refractivity contribution in [1.82, 2.24) is 9.80 Å².